The van der Waals surface area contributed by atoms with E-state index in [1.165, 1.54) is 19.2 Å². The molecule has 5 N–H and O–H groups in total. The molecule has 0 spiro atoms. The summed E-state index contributed by atoms with van der Waals surface area (Å²) in [6, 6.07) is 3.61. The lowest BCUT2D eigenvalue weighted by molar-refractivity contribution is -0.0981. The van der Waals surface area contributed by atoms with Crippen LogP contribution in [0.5, 0.6) is 11.5 Å². The van der Waals surface area contributed by atoms with Crippen LogP contribution >= 0.6 is 0 Å². The molecule has 0 unspecified atom stereocenters. The van der Waals surface area contributed by atoms with Crippen molar-refractivity contribution in [3.8, 4) is 11.5 Å². The van der Waals surface area contributed by atoms with E-state index < -0.39 is 60.8 Å². The lowest BCUT2D eigenvalue weighted by atomic mass is 10.0. The Labute approximate surface area is 190 Å². The van der Waals surface area contributed by atoms with E-state index in [2.05, 4.69) is 15.3 Å². The molecule has 0 bridgehead atoms. The minimum Gasteiger partial charge on any atom is -0.493 e. The third-order valence-electron chi connectivity index (χ3n) is 4.91. The number of fused-ring (bicyclic) bond motifs is 1. The third-order valence-corrected chi connectivity index (χ3v) is 4.91. The average molecular weight is 487 g/mol. The van der Waals surface area contributed by atoms with Gasteiger partial charge in [0.05, 0.1) is 25.8 Å². The minimum atomic E-state index is -2.18. The standard InChI is InChI=1S/C21H21F4N3O6/c1-33-15-4-10-14(5-16(15)34-17(7-30)20(32)19(31)13(25)6-29)26-8-27-21(10)28-18-11(23)2-9(22)3-12(18)24/h2-5,8,13,17,19-20,29-32H,6-7H2,1H3,(H,26,27,28)/t13-,17-,19+,20+/m1/s1. The molecule has 1 heterocycles. The van der Waals surface area contributed by atoms with Gasteiger partial charge in [-0.15, -0.1) is 0 Å². The summed E-state index contributed by atoms with van der Waals surface area (Å²) < 4.78 is 65.6. The normalized spacial score (nSPS) is 15.0. The maximum absolute atomic E-state index is 14.1. The zero-order chi connectivity index (χ0) is 25.0. The average Bonchev–Trinajstić information content (AvgIpc) is 2.82. The molecule has 3 aromatic rings. The number of nitrogens with one attached hydrogen (secondary N) is 1. The molecule has 2 aromatic carbocycles. The van der Waals surface area contributed by atoms with Gasteiger partial charge in [-0.2, -0.15) is 0 Å². The molecule has 0 amide bonds. The van der Waals surface area contributed by atoms with Crippen molar-refractivity contribution in [3.63, 3.8) is 0 Å². The number of aliphatic hydroxyl groups is 4. The lowest BCUT2D eigenvalue weighted by Crippen LogP contribution is -2.48. The maximum Gasteiger partial charge on any atom is 0.164 e. The van der Waals surface area contributed by atoms with Crippen molar-refractivity contribution in [2.75, 3.05) is 25.6 Å². The molecule has 4 atom stereocenters. The summed E-state index contributed by atoms with van der Waals surface area (Å²) in [6.07, 6.45) is -6.60. The number of aliphatic hydroxyl groups excluding tert-OH is 4. The zero-order valence-corrected chi connectivity index (χ0v) is 17.6. The summed E-state index contributed by atoms with van der Waals surface area (Å²) in [5.41, 5.74) is -0.482. The highest BCUT2D eigenvalue weighted by Crippen LogP contribution is 2.36. The highest BCUT2D eigenvalue weighted by atomic mass is 19.1. The molecular formula is C21H21F4N3O6. The molecule has 34 heavy (non-hydrogen) atoms. The van der Waals surface area contributed by atoms with Crippen molar-refractivity contribution in [3.05, 3.63) is 48.0 Å². The first kappa shape index (κ1) is 25.4. The van der Waals surface area contributed by atoms with Crippen LogP contribution in [0.1, 0.15) is 0 Å². The van der Waals surface area contributed by atoms with Crippen molar-refractivity contribution in [2.45, 2.75) is 24.5 Å². The quantitative estimate of drug-likeness (QED) is 0.270. The van der Waals surface area contributed by atoms with Crippen molar-refractivity contribution in [2.24, 2.45) is 0 Å². The van der Waals surface area contributed by atoms with Gasteiger partial charge in [-0.25, -0.2) is 27.5 Å². The number of hydrogen-bond donors (Lipinski definition) is 5. The Balaban J connectivity index is 1.97. The van der Waals surface area contributed by atoms with Crippen LogP contribution in [-0.4, -0.2) is 75.2 Å². The highest BCUT2D eigenvalue weighted by molar-refractivity contribution is 5.93. The van der Waals surface area contributed by atoms with Gasteiger partial charge in [0.25, 0.3) is 0 Å². The van der Waals surface area contributed by atoms with Crippen molar-refractivity contribution >= 4 is 22.4 Å². The van der Waals surface area contributed by atoms with Crippen LogP contribution in [0.3, 0.4) is 0 Å². The van der Waals surface area contributed by atoms with Gasteiger partial charge in [-0.1, -0.05) is 0 Å². The monoisotopic (exact) mass is 487 g/mol. The molecule has 0 aliphatic carbocycles. The largest absolute Gasteiger partial charge is 0.493 e. The van der Waals surface area contributed by atoms with Crippen LogP contribution in [0, 0.1) is 17.5 Å². The summed E-state index contributed by atoms with van der Waals surface area (Å²) in [4.78, 5) is 7.98. The number of ether oxygens (including phenoxy) is 2. The summed E-state index contributed by atoms with van der Waals surface area (Å²) in [5.74, 6) is -3.61. The van der Waals surface area contributed by atoms with Crippen molar-refractivity contribution < 1.29 is 47.5 Å². The van der Waals surface area contributed by atoms with Gasteiger partial charge in [0, 0.05) is 23.6 Å². The molecule has 0 aliphatic rings. The number of alkyl halides is 1. The summed E-state index contributed by atoms with van der Waals surface area (Å²) in [7, 11) is 1.26. The Kier molecular flexibility index (Phi) is 8.04. The number of halogens is 4. The Bertz CT molecular complexity index is 1130. The van der Waals surface area contributed by atoms with Gasteiger partial charge in [0.15, 0.2) is 35.4 Å². The van der Waals surface area contributed by atoms with E-state index in [0.717, 1.165) is 6.33 Å². The SMILES string of the molecule is COc1cc2c(Nc3c(F)cc(F)cc3F)ncnc2cc1O[C@H](CO)[C@H](O)[C@@H](O)[C@H](F)CO. The van der Waals surface area contributed by atoms with E-state index in [4.69, 9.17) is 14.6 Å². The van der Waals surface area contributed by atoms with Gasteiger partial charge in [0.1, 0.15) is 35.9 Å². The molecule has 0 fully saturated rings. The fraction of sp³-hybridized carbons (Fsp3) is 0.333. The number of hydrogen-bond acceptors (Lipinski definition) is 9. The second-order valence-corrected chi connectivity index (χ2v) is 7.13. The summed E-state index contributed by atoms with van der Waals surface area (Å²) >= 11 is 0. The first-order chi connectivity index (χ1) is 16.2. The third kappa shape index (κ3) is 5.28. The van der Waals surface area contributed by atoms with E-state index in [9.17, 15) is 32.9 Å². The van der Waals surface area contributed by atoms with Crippen LogP contribution in [0.15, 0.2) is 30.6 Å². The number of aromatic nitrogens is 2. The molecule has 0 aliphatic heterocycles. The number of anilines is 2. The predicted molar refractivity (Wildman–Crippen MR) is 111 cm³/mol. The van der Waals surface area contributed by atoms with Gasteiger partial charge in [-0.05, 0) is 6.07 Å². The van der Waals surface area contributed by atoms with Crippen molar-refractivity contribution in [1.82, 2.24) is 9.97 Å². The van der Waals surface area contributed by atoms with E-state index in [1.54, 1.807) is 0 Å². The first-order valence-corrected chi connectivity index (χ1v) is 9.83. The van der Waals surface area contributed by atoms with E-state index >= 15 is 0 Å². The molecule has 3 rings (SSSR count). The minimum absolute atomic E-state index is 0.00416. The van der Waals surface area contributed by atoms with E-state index in [1.807, 2.05) is 0 Å². The summed E-state index contributed by atoms with van der Waals surface area (Å²) in [5, 5.41) is 41.0. The Morgan fingerprint density at radius 2 is 1.62 bits per heavy atom. The fourth-order valence-electron chi connectivity index (χ4n) is 3.12. The van der Waals surface area contributed by atoms with Crippen LogP contribution < -0.4 is 14.8 Å². The topological polar surface area (TPSA) is 137 Å². The second kappa shape index (κ2) is 10.8. The number of benzene rings is 2. The Morgan fingerprint density at radius 3 is 2.21 bits per heavy atom. The van der Waals surface area contributed by atoms with Gasteiger partial charge in [0.2, 0.25) is 0 Å². The Morgan fingerprint density at radius 1 is 0.941 bits per heavy atom. The second-order valence-electron chi connectivity index (χ2n) is 7.13. The summed E-state index contributed by atoms with van der Waals surface area (Å²) in [6.45, 7) is -1.89. The smallest absolute Gasteiger partial charge is 0.164 e. The van der Waals surface area contributed by atoms with E-state index in [0.29, 0.717) is 12.1 Å². The van der Waals surface area contributed by atoms with Gasteiger partial charge < -0.3 is 35.2 Å². The number of nitrogens with zero attached hydrogens (tertiary/aromatic N) is 2. The highest BCUT2D eigenvalue weighted by Gasteiger charge is 2.34. The van der Waals surface area contributed by atoms with Gasteiger partial charge >= 0.3 is 0 Å². The first-order valence-electron chi connectivity index (χ1n) is 9.83. The Hall–Kier alpha value is -3.26. The van der Waals surface area contributed by atoms with Crippen LogP contribution in [0.4, 0.5) is 29.1 Å². The molecule has 1 aromatic heterocycles. The molecule has 184 valence electrons. The molecule has 0 saturated carbocycles. The maximum atomic E-state index is 14.1. The zero-order valence-electron chi connectivity index (χ0n) is 17.6. The molecular weight excluding hydrogens is 466 g/mol. The molecule has 9 nitrogen and oxygen atoms in total. The van der Waals surface area contributed by atoms with Crippen LogP contribution in [0.2, 0.25) is 0 Å². The van der Waals surface area contributed by atoms with Gasteiger partial charge in [-0.3, -0.25) is 0 Å². The number of methoxy groups -OCH3 is 1. The van der Waals surface area contributed by atoms with E-state index in [-0.39, 0.29) is 28.2 Å². The van der Waals surface area contributed by atoms with Crippen LogP contribution in [0.25, 0.3) is 10.9 Å². The molecule has 13 heteroatoms. The van der Waals surface area contributed by atoms with Crippen molar-refractivity contribution in [1.29, 1.82) is 0 Å². The fourth-order valence-corrected chi connectivity index (χ4v) is 3.12. The van der Waals surface area contributed by atoms with Crippen LogP contribution in [-0.2, 0) is 0 Å². The molecule has 0 saturated heterocycles. The lowest BCUT2D eigenvalue weighted by Gasteiger charge is -2.28. The molecule has 0 radical (unpaired) electrons. The predicted octanol–water partition coefficient (Wildman–Crippen LogP) is 1.59. The number of rotatable bonds is 10.